The number of anilines is 1. The Bertz CT molecular complexity index is 1810. The number of aryl methyl sites for hydroxylation is 1. The van der Waals surface area contributed by atoms with Crippen molar-refractivity contribution in [2.45, 2.75) is 71.1 Å². The largest absolute Gasteiger partial charge is 0.465 e. The molecule has 4 N–H and O–H groups in total. The van der Waals surface area contributed by atoms with Crippen LogP contribution >= 0.6 is 11.6 Å². The summed E-state index contributed by atoms with van der Waals surface area (Å²) in [6, 6.07) is 11.4. The quantitative estimate of drug-likeness (QED) is 0.110. The Morgan fingerprint density at radius 3 is 2.48 bits per heavy atom. The lowest BCUT2D eigenvalue weighted by molar-refractivity contribution is 0.0491. The molecule has 2 aromatic carbocycles. The molecule has 0 unspecified atom stereocenters. The second-order valence-corrected chi connectivity index (χ2v) is 12.9. The zero-order valence-corrected chi connectivity index (χ0v) is 27.2. The smallest absolute Gasteiger partial charge is 0.407 e. The number of amidine groups is 1. The van der Waals surface area contributed by atoms with Crippen molar-refractivity contribution in [2.24, 2.45) is 10.7 Å². The number of amides is 1. The van der Waals surface area contributed by atoms with E-state index < -0.39 is 23.5 Å². The highest BCUT2D eigenvalue weighted by molar-refractivity contribution is 6.33. The molecule has 1 saturated carbocycles. The molecule has 0 spiro atoms. The summed E-state index contributed by atoms with van der Waals surface area (Å²) in [5, 5.41) is 11.5. The zero-order chi connectivity index (χ0) is 33.2. The summed E-state index contributed by atoms with van der Waals surface area (Å²) in [4.78, 5) is 28.9. The average molecular weight is 649 g/mol. The summed E-state index contributed by atoms with van der Waals surface area (Å²) >= 11 is 6.30. The third-order valence-electron chi connectivity index (χ3n) is 7.82. The fourth-order valence-electron chi connectivity index (χ4n) is 5.60. The number of ether oxygens (including phenoxy) is 2. The summed E-state index contributed by atoms with van der Waals surface area (Å²) in [6.45, 7) is 7.44. The Morgan fingerprint density at radius 1 is 1.09 bits per heavy atom. The van der Waals surface area contributed by atoms with Gasteiger partial charge in [-0.25, -0.2) is 23.5 Å². The van der Waals surface area contributed by atoms with Crippen molar-refractivity contribution in [3.05, 3.63) is 82.4 Å². The van der Waals surface area contributed by atoms with Gasteiger partial charge in [-0.1, -0.05) is 17.7 Å². The van der Waals surface area contributed by atoms with Gasteiger partial charge in [0.2, 0.25) is 0 Å². The summed E-state index contributed by atoms with van der Waals surface area (Å²) in [6.07, 6.45) is 6.18. The van der Waals surface area contributed by atoms with Gasteiger partial charge in [-0.3, -0.25) is 0 Å². The molecule has 0 bridgehead atoms. The molecule has 0 radical (unpaired) electrons. The third-order valence-corrected chi connectivity index (χ3v) is 8.14. The minimum Gasteiger partial charge on any atom is -0.465 e. The number of carbonyl (C=O) groups is 2. The highest BCUT2D eigenvalue weighted by Gasteiger charge is 2.26. The van der Waals surface area contributed by atoms with Crippen molar-refractivity contribution in [1.29, 1.82) is 0 Å². The van der Waals surface area contributed by atoms with Crippen molar-refractivity contribution in [2.75, 3.05) is 12.4 Å². The second-order valence-electron chi connectivity index (χ2n) is 12.4. The van der Waals surface area contributed by atoms with E-state index in [1.165, 1.54) is 25.3 Å². The maximum Gasteiger partial charge on any atom is 0.407 e. The van der Waals surface area contributed by atoms with Crippen molar-refractivity contribution < 1.29 is 23.5 Å². The van der Waals surface area contributed by atoms with Gasteiger partial charge in [0.05, 0.1) is 46.3 Å². The van der Waals surface area contributed by atoms with Crippen LogP contribution in [-0.2, 0) is 9.47 Å². The number of halogens is 2. The van der Waals surface area contributed by atoms with E-state index >= 15 is 0 Å². The molecule has 2 heterocycles. The zero-order valence-electron chi connectivity index (χ0n) is 26.5. The number of methoxy groups -OCH3 is 1. The lowest BCUT2D eigenvalue weighted by Gasteiger charge is -2.31. The van der Waals surface area contributed by atoms with Gasteiger partial charge in [0.1, 0.15) is 17.3 Å². The molecule has 0 saturated heterocycles. The highest BCUT2D eigenvalue weighted by Crippen LogP contribution is 2.34. The summed E-state index contributed by atoms with van der Waals surface area (Å²) in [5.74, 6) is -0.769. The first kappa shape index (κ1) is 32.7. The van der Waals surface area contributed by atoms with Gasteiger partial charge in [0.25, 0.3) is 0 Å². The van der Waals surface area contributed by atoms with Crippen LogP contribution in [0.15, 0.2) is 59.9 Å². The molecule has 4 aromatic rings. The normalized spacial score (nSPS) is 17.1. The number of aliphatic imine (C=N–C) groups is 1. The number of hydrogen-bond donors (Lipinski definition) is 3. The number of nitrogens with two attached hydrogens (primary N) is 1. The van der Waals surface area contributed by atoms with Crippen LogP contribution in [0.3, 0.4) is 0 Å². The minimum atomic E-state index is -0.568. The van der Waals surface area contributed by atoms with E-state index in [1.54, 1.807) is 22.8 Å². The van der Waals surface area contributed by atoms with Gasteiger partial charge < -0.3 is 25.8 Å². The lowest BCUT2D eigenvalue weighted by atomic mass is 9.91. The standard InChI is InChI=1S/C34H38ClFN6O4/c1-19-14-20(32(43)45-5)6-12-25(19)21-15-29-30(39-23-8-10-24(11-9-23)40-33(44)46-34(2,3)4)26(17-38-42(29)18-21)31(37)41-28-16-22(36)7-13-27(28)35/h6-7,12-18,23-24,39H,8-11H2,1-5H3,(H2,37,41)(H,40,44). The molecule has 2 aromatic heterocycles. The number of nitrogens with one attached hydrogen (secondary N) is 2. The van der Waals surface area contributed by atoms with Crippen LogP contribution in [0.1, 0.15) is 67.9 Å². The number of benzene rings is 2. The molecule has 46 heavy (non-hydrogen) atoms. The Hall–Kier alpha value is -4.64. The molecule has 1 aliphatic rings. The maximum atomic E-state index is 14.0. The first-order chi connectivity index (χ1) is 21.8. The van der Waals surface area contributed by atoms with Gasteiger partial charge in [-0.05, 0) is 94.8 Å². The van der Waals surface area contributed by atoms with Gasteiger partial charge >= 0.3 is 12.1 Å². The van der Waals surface area contributed by atoms with E-state index in [-0.39, 0.29) is 28.6 Å². The Labute approximate surface area is 272 Å². The van der Waals surface area contributed by atoms with Gasteiger partial charge in [-0.15, -0.1) is 0 Å². The summed E-state index contributed by atoms with van der Waals surface area (Å²) in [7, 11) is 1.35. The van der Waals surface area contributed by atoms with Crippen molar-refractivity contribution in [3.63, 3.8) is 0 Å². The monoisotopic (exact) mass is 648 g/mol. The number of nitrogens with zero attached hydrogens (tertiary/aromatic N) is 3. The molecule has 1 fully saturated rings. The molecule has 1 amide bonds. The number of fused-ring (bicyclic) bond motifs is 1. The number of hydrogen-bond acceptors (Lipinski definition) is 7. The Morgan fingerprint density at radius 2 is 1.80 bits per heavy atom. The summed E-state index contributed by atoms with van der Waals surface area (Å²) in [5.41, 5.74) is 11.3. The van der Waals surface area contributed by atoms with Crippen LogP contribution in [0.2, 0.25) is 5.02 Å². The van der Waals surface area contributed by atoms with E-state index in [0.29, 0.717) is 16.8 Å². The number of carbonyl (C=O) groups excluding carboxylic acids is 2. The van der Waals surface area contributed by atoms with Crippen LogP contribution in [0, 0.1) is 12.7 Å². The first-order valence-corrected chi connectivity index (χ1v) is 15.5. The molecule has 242 valence electrons. The van der Waals surface area contributed by atoms with E-state index in [2.05, 4.69) is 20.7 Å². The number of esters is 1. The van der Waals surface area contributed by atoms with Crippen LogP contribution in [-0.4, -0.2) is 52.3 Å². The molecule has 0 atom stereocenters. The van der Waals surface area contributed by atoms with E-state index in [4.69, 9.17) is 26.8 Å². The second kappa shape index (κ2) is 13.4. The van der Waals surface area contributed by atoms with Gasteiger partial charge in [0, 0.05) is 29.9 Å². The van der Waals surface area contributed by atoms with Crippen molar-refractivity contribution in [3.8, 4) is 11.1 Å². The molecule has 10 nitrogen and oxygen atoms in total. The predicted molar refractivity (Wildman–Crippen MR) is 178 cm³/mol. The van der Waals surface area contributed by atoms with Crippen molar-refractivity contribution >= 4 is 46.4 Å². The Kier molecular flexibility index (Phi) is 9.52. The SMILES string of the molecule is COC(=O)c1ccc(-c2cc3c(NC4CCC(NC(=O)OC(C)(C)C)CC4)c(C(N)=Nc4cc(F)ccc4Cl)cnn3c2)c(C)c1. The van der Waals surface area contributed by atoms with Gasteiger partial charge in [0.15, 0.2) is 0 Å². The number of rotatable bonds is 7. The van der Waals surface area contributed by atoms with E-state index in [1.807, 2.05) is 46.0 Å². The number of alkyl carbamates (subject to hydrolysis) is 1. The Balaban J connectivity index is 1.48. The fourth-order valence-corrected chi connectivity index (χ4v) is 5.76. The van der Waals surface area contributed by atoms with Crippen LogP contribution in [0.4, 0.5) is 20.6 Å². The molecular weight excluding hydrogens is 611 g/mol. The molecular formula is C34H38ClFN6O4. The molecule has 1 aliphatic carbocycles. The molecule has 0 aliphatic heterocycles. The summed E-state index contributed by atoms with van der Waals surface area (Å²) < 4.78 is 26.1. The van der Waals surface area contributed by atoms with Crippen LogP contribution in [0.25, 0.3) is 16.6 Å². The highest BCUT2D eigenvalue weighted by atomic mass is 35.5. The van der Waals surface area contributed by atoms with Crippen LogP contribution < -0.4 is 16.4 Å². The lowest BCUT2D eigenvalue weighted by Crippen LogP contribution is -2.42. The minimum absolute atomic E-state index is 0.00224. The topological polar surface area (TPSA) is 132 Å². The molecule has 12 heteroatoms. The van der Waals surface area contributed by atoms with Gasteiger partial charge in [-0.2, -0.15) is 5.10 Å². The van der Waals surface area contributed by atoms with Crippen molar-refractivity contribution in [1.82, 2.24) is 14.9 Å². The van der Waals surface area contributed by atoms with E-state index in [0.717, 1.165) is 47.9 Å². The third kappa shape index (κ3) is 7.59. The molecule has 5 rings (SSSR count). The number of aromatic nitrogens is 2. The van der Waals surface area contributed by atoms with E-state index in [9.17, 15) is 14.0 Å². The first-order valence-electron chi connectivity index (χ1n) is 15.1. The fraction of sp³-hybridized carbons (Fsp3) is 0.353. The predicted octanol–water partition coefficient (Wildman–Crippen LogP) is 7.17. The average Bonchev–Trinajstić information content (AvgIpc) is 3.43. The maximum absolute atomic E-state index is 14.0. The van der Waals surface area contributed by atoms with Crippen LogP contribution in [0.5, 0.6) is 0 Å².